The number of rotatable bonds is 4. The molecule has 0 saturated heterocycles. The molecule has 2 aromatic rings. The van der Waals surface area contributed by atoms with Crippen LogP contribution in [0.5, 0.6) is 0 Å². The van der Waals surface area contributed by atoms with Crippen LogP contribution in [0.3, 0.4) is 0 Å². The third kappa shape index (κ3) is 3.22. The second-order valence-electron chi connectivity index (χ2n) is 3.76. The lowest BCUT2D eigenvalue weighted by Gasteiger charge is -1.96. The zero-order chi connectivity index (χ0) is 14.4. The largest absolute Gasteiger partial charge is 0.380 e. The molecule has 0 amide bonds. The molecule has 0 unspecified atom stereocenters. The van der Waals surface area contributed by atoms with Crippen LogP contribution in [0.4, 0.5) is 5.69 Å². The van der Waals surface area contributed by atoms with E-state index < -0.39 is 4.92 Å². The maximum Gasteiger partial charge on any atom is 0.278 e. The van der Waals surface area contributed by atoms with Gasteiger partial charge in [0.05, 0.1) is 16.7 Å². The molecule has 1 heterocycles. The minimum Gasteiger partial charge on any atom is -0.380 e. The van der Waals surface area contributed by atoms with Gasteiger partial charge in [0.2, 0.25) is 0 Å². The van der Waals surface area contributed by atoms with Crippen molar-refractivity contribution >= 4 is 17.7 Å². The van der Waals surface area contributed by atoms with Crippen LogP contribution in [-0.2, 0) is 0 Å². The maximum absolute atomic E-state index is 10.8. The Labute approximate surface area is 114 Å². The monoisotopic (exact) mass is 269 g/mol. The van der Waals surface area contributed by atoms with Gasteiger partial charge in [-0.05, 0) is 18.2 Å². The molecule has 0 saturated carbocycles. The van der Waals surface area contributed by atoms with Gasteiger partial charge in [0.15, 0.2) is 5.84 Å². The Balaban J connectivity index is 2.21. The molecule has 0 aliphatic rings. The molecular formula is C13H11N5O2. The standard InChI is InChI=1S/C13H11N5O2/c14-13(11-6-3-4-8-15-11)17-16-9-10-5-1-2-7-12(10)18(19)20/h1-9H,(H2,14,17)/b16-9-. The molecule has 7 nitrogen and oxygen atoms in total. The number of aromatic nitrogens is 1. The van der Waals surface area contributed by atoms with Gasteiger partial charge < -0.3 is 5.73 Å². The van der Waals surface area contributed by atoms with Crippen LogP contribution in [0.1, 0.15) is 11.3 Å². The van der Waals surface area contributed by atoms with Crippen molar-refractivity contribution in [3.63, 3.8) is 0 Å². The Kier molecular flexibility index (Phi) is 4.13. The van der Waals surface area contributed by atoms with Crippen molar-refractivity contribution in [2.24, 2.45) is 15.9 Å². The fourth-order valence-corrected chi connectivity index (χ4v) is 1.48. The summed E-state index contributed by atoms with van der Waals surface area (Å²) < 4.78 is 0. The van der Waals surface area contributed by atoms with Crippen LogP contribution in [0, 0.1) is 10.1 Å². The van der Waals surface area contributed by atoms with Crippen molar-refractivity contribution in [3.8, 4) is 0 Å². The normalized spacial score (nSPS) is 11.7. The Bertz CT molecular complexity index is 667. The van der Waals surface area contributed by atoms with Gasteiger partial charge in [-0.3, -0.25) is 15.1 Å². The molecule has 0 fully saturated rings. The van der Waals surface area contributed by atoms with Gasteiger partial charge in [-0.25, -0.2) is 0 Å². The van der Waals surface area contributed by atoms with Gasteiger partial charge in [0.1, 0.15) is 5.69 Å². The van der Waals surface area contributed by atoms with E-state index in [2.05, 4.69) is 15.2 Å². The first-order valence-electron chi connectivity index (χ1n) is 5.70. The summed E-state index contributed by atoms with van der Waals surface area (Å²) in [4.78, 5) is 14.3. The smallest absolute Gasteiger partial charge is 0.278 e. The lowest BCUT2D eigenvalue weighted by atomic mass is 10.2. The molecular weight excluding hydrogens is 258 g/mol. The molecule has 1 aromatic carbocycles. The minimum absolute atomic E-state index is 0.0390. The second kappa shape index (κ2) is 6.19. The summed E-state index contributed by atoms with van der Waals surface area (Å²) in [6.07, 6.45) is 2.87. The lowest BCUT2D eigenvalue weighted by molar-refractivity contribution is -0.385. The van der Waals surface area contributed by atoms with Gasteiger partial charge in [-0.2, -0.15) is 5.10 Å². The van der Waals surface area contributed by atoms with E-state index in [4.69, 9.17) is 5.73 Å². The molecule has 0 spiro atoms. The molecule has 20 heavy (non-hydrogen) atoms. The summed E-state index contributed by atoms with van der Waals surface area (Å²) >= 11 is 0. The van der Waals surface area contributed by atoms with Crippen LogP contribution < -0.4 is 5.73 Å². The highest BCUT2D eigenvalue weighted by Gasteiger charge is 2.09. The van der Waals surface area contributed by atoms with Crippen LogP contribution in [-0.4, -0.2) is 22.0 Å². The second-order valence-corrected chi connectivity index (χ2v) is 3.76. The van der Waals surface area contributed by atoms with Gasteiger partial charge in [-0.1, -0.05) is 18.2 Å². The number of hydrogen-bond donors (Lipinski definition) is 1. The predicted octanol–water partition coefficient (Wildman–Crippen LogP) is 1.73. The van der Waals surface area contributed by atoms with E-state index in [1.807, 2.05) is 0 Å². The summed E-state index contributed by atoms with van der Waals surface area (Å²) in [6.45, 7) is 0. The quantitative estimate of drug-likeness (QED) is 0.394. The van der Waals surface area contributed by atoms with Crippen LogP contribution in [0.15, 0.2) is 58.9 Å². The van der Waals surface area contributed by atoms with Crippen LogP contribution >= 0.6 is 0 Å². The summed E-state index contributed by atoms with van der Waals surface area (Å²) in [5, 5.41) is 18.3. The first kappa shape index (κ1) is 13.3. The average molecular weight is 269 g/mol. The highest BCUT2D eigenvalue weighted by atomic mass is 16.6. The van der Waals surface area contributed by atoms with Crippen molar-refractivity contribution in [1.29, 1.82) is 0 Å². The summed E-state index contributed by atoms with van der Waals surface area (Å²) in [5.74, 6) is 0.139. The number of amidine groups is 1. The van der Waals surface area contributed by atoms with Gasteiger partial charge in [0, 0.05) is 12.3 Å². The van der Waals surface area contributed by atoms with Crippen molar-refractivity contribution < 1.29 is 4.92 Å². The summed E-state index contributed by atoms with van der Waals surface area (Å²) in [5.41, 5.74) is 6.51. The number of nitro benzene ring substituents is 1. The highest BCUT2D eigenvalue weighted by molar-refractivity contribution is 5.96. The topological polar surface area (TPSA) is 107 Å². The molecule has 0 aliphatic heterocycles. The Morgan fingerprint density at radius 2 is 2.00 bits per heavy atom. The molecule has 0 bridgehead atoms. The molecule has 2 N–H and O–H groups in total. The van der Waals surface area contributed by atoms with E-state index in [0.717, 1.165) is 0 Å². The number of para-hydroxylation sites is 1. The molecule has 2 rings (SSSR count). The molecule has 7 heteroatoms. The zero-order valence-corrected chi connectivity index (χ0v) is 10.4. The number of nitro groups is 1. The number of nitrogens with two attached hydrogens (primary N) is 1. The fourth-order valence-electron chi connectivity index (χ4n) is 1.48. The summed E-state index contributed by atoms with van der Waals surface area (Å²) in [7, 11) is 0. The van der Waals surface area contributed by atoms with E-state index in [1.54, 1.807) is 42.6 Å². The first-order valence-corrected chi connectivity index (χ1v) is 5.70. The summed E-state index contributed by atoms with van der Waals surface area (Å²) in [6, 6.07) is 11.5. The molecule has 100 valence electrons. The van der Waals surface area contributed by atoms with Crippen molar-refractivity contribution in [2.75, 3.05) is 0 Å². The Morgan fingerprint density at radius 1 is 1.25 bits per heavy atom. The van der Waals surface area contributed by atoms with Gasteiger partial charge in [0.25, 0.3) is 5.69 Å². The van der Waals surface area contributed by atoms with Gasteiger partial charge >= 0.3 is 0 Å². The predicted molar refractivity (Wildman–Crippen MR) is 75.7 cm³/mol. The van der Waals surface area contributed by atoms with E-state index in [1.165, 1.54) is 12.3 Å². The van der Waals surface area contributed by atoms with Crippen LogP contribution in [0.25, 0.3) is 0 Å². The highest BCUT2D eigenvalue weighted by Crippen LogP contribution is 2.15. The minimum atomic E-state index is -0.479. The number of hydrogen-bond acceptors (Lipinski definition) is 5. The number of pyridine rings is 1. The van der Waals surface area contributed by atoms with E-state index in [-0.39, 0.29) is 11.5 Å². The molecule has 0 radical (unpaired) electrons. The van der Waals surface area contributed by atoms with E-state index in [9.17, 15) is 10.1 Å². The van der Waals surface area contributed by atoms with E-state index >= 15 is 0 Å². The maximum atomic E-state index is 10.8. The molecule has 1 aromatic heterocycles. The third-order valence-corrected chi connectivity index (χ3v) is 2.42. The zero-order valence-electron chi connectivity index (χ0n) is 10.4. The average Bonchev–Trinajstić information content (AvgIpc) is 2.48. The lowest BCUT2D eigenvalue weighted by Crippen LogP contribution is -2.14. The first-order chi connectivity index (χ1) is 9.68. The number of benzene rings is 1. The third-order valence-electron chi connectivity index (χ3n) is 2.42. The SMILES string of the molecule is N/C(=N/N=C\c1ccccc1[N+](=O)[O-])c1ccccn1. The Hall–Kier alpha value is -3.09. The van der Waals surface area contributed by atoms with Crippen molar-refractivity contribution in [2.45, 2.75) is 0 Å². The fraction of sp³-hybridized carbons (Fsp3) is 0. The molecule has 0 aliphatic carbocycles. The van der Waals surface area contributed by atoms with Crippen LogP contribution in [0.2, 0.25) is 0 Å². The number of nitrogens with zero attached hydrogens (tertiary/aromatic N) is 4. The van der Waals surface area contributed by atoms with Crippen molar-refractivity contribution in [1.82, 2.24) is 4.98 Å². The van der Waals surface area contributed by atoms with E-state index in [0.29, 0.717) is 11.3 Å². The van der Waals surface area contributed by atoms with Gasteiger partial charge in [-0.15, -0.1) is 5.10 Å². The Morgan fingerprint density at radius 3 is 2.70 bits per heavy atom. The molecule has 0 atom stereocenters. The van der Waals surface area contributed by atoms with Crippen molar-refractivity contribution in [3.05, 3.63) is 70.0 Å².